The highest BCUT2D eigenvalue weighted by atomic mass is 32.1. The molecule has 0 amide bonds. The lowest BCUT2D eigenvalue weighted by molar-refractivity contribution is 0.417. The number of thiocarbonyl (C=S) groups is 1. The zero-order chi connectivity index (χ0) is 26.5. The van der Waals surface area contributed by atoms with Crippen molar-refractivity contribution in [2.45, 2.75) is 26.2 Å². The summed E-state index contributed by atoms with van der Waals surface area (Å²) in [6.07, 6.45) is 12.9. The minimum atomic E-state index is 0.482. The maximum Gasteiger partial charge on any atom is 0.181 e. The van der Waals surface area contributed by atoms with E-state index >= 15 is 0 Å². The van der Waals surface area contributed by atoms with Crippen LogP contribution in [0.25, 0.3) is 60.5 Å². The maximum absolute atomic E-state index is 5.60. The lowest BCUT2D eigenvalue weighted by atomic mass is 9.85. The maximum atomic E-state index is 5.60. The molecule has 3 N–H and O–H groups in total. The fraction of sp³-hybridized carbons (Fsp3) is 0.167. The largest absolute Gasteiger partial charge is 0.352 e. The van der Waals surface area contributed by atoms with Gasteiger partial charge in [0.05, 0.1) is 40.0 Å². The first-order valence-electron chi connectivity index (χ1n) is 12.9. The standard InChI is InChI=1S/C30H25N7S2/c1-16(2)26-6-7-27(39-26)23-14-32-15-25-21(23)10-24(35-25)28-22-9-19(12-33-29(22)37-36-28)18-8-20(13-31-11-18)34-30(38)17-4-3-5-17/h6-15,17,35H,1,3-5H2,2H3,(H,34,38)(H,33,36,37). The van der Waals surface area contributed by atoms with Gasteiger partial charge in [0.1, 0.15) is 0 Å². The second-order valence-corrected chi connectivity index (χ2v) is 11.6. The van der Waals surface area contributed by atoms with Gasteiger partial charge in [-0.3, -0.25) is 15.1 Å². The van der Waals surface area contributed by atoms with Crippen LogP contribution in [0.4, 0.5) is 5.69 Å². The highest BCUT2D eigenvalue weighted by molar-refractivity contribution is 7.80. The molecule has 1 aliphatic rings. The Bertz CT molecular complexity index is 1890. The summed E-state index contributed by atoms with van der Waals surface area (Å²) in [6, 6.07) is 10.6. The molecule has 0 bridgehead atoms. The Morgan fingerprint density at radius 2 is 1.87 bits per heavy atom. The number of nitrogens with zero attached hydrogens (tertiary/aromatic N) is 4. The van der Waals surface area contributed by atoms with Crippen LogP contribution in [0.1, 0.15) is 31.1 Å². The van der Waals surface area contributed by atoms with Gasteiger partial charge in [0.25, 0.3) is 0 Å². The van der Waals surface area contributed by atoms with E-state index in [2.05, 4.69) is 72.4 Å². The molecule has 7 rings (SSSR count). The van der Waals surface area contributed by atoms with Gasteiger partial charge in [-0.2, -0.15) is 5.10 Å². The zero-order valence-electron chi connectivity index (χ0n) is 21.3. The summed E-state index contributed by atoms with van der Waals surface area (Å²) in [5, 5.41) is 13.1. The van der Waals surface area contributed by atoms with Crippen LogP contribution < -0.4 is 5.32 Å². The van der Waals surface area contributed by atoms with Gasteiger partial charge in [-0.25, -0.2) is 4.98 Å². The summed E-state index contributed by atoms with van der Waals surface area (Å²) in [5.41, 5.74) is 8.40. The lowest BCUT2D eigenvalue weighted by Gasteiger charge is -2.26. The number of allylic oxidation sites excluding steroid dienone is 1. The average molecular weight is 548 g/mol. The quantitative estimate of drug-likeness (QED) is 0.184. The summed E-state index contributed by atoms with van der Waals surface area (Å²) >= 11 is 7.32. The molecule has 7 nitrogen and oxygen atoms in total. The third-order valence-electron chi connectivity index (χ3n) is 7.33. The van der Waals surface area contributed by atoms with Crippen LogP contribution in [0.15, 0.2) is 67.9 Å². The Morgan fingerprint density at radius 3 is 2.67 bits per heavy atom. The number of hydrogen-bond donors (Lipinski definition) is 3. The molecule has 1 aliphatic carbocycles. The van der Waals surface area contributed by atoms with Crippen LogP contribution in [0, 0.1) is 5.92 Å². The molecule has 0 aromatic carbocycles. The molecule has 1 fully saturated rings. The molecule has 0 saturated heterocycles. The van der Waals surface area contributed by atoms with Crippen LogP contribution in [-0.2, 0) is 0 Å². The van der Waals surface area contributed by atoms with E-state index in [-0.39, 0.29) is 0 Å². The number of rotatable bonds is 6. The van der Waals surface area contributed by atoms with Gasteiger partial charge >= 0.3 is 0 Å². The number of anilines is 1. The number of fused-ring (bicyclic) bond motifs is 2. The summed E-state index contributed by atoms with van der Waals surface area (Å²) in [4.78, 5) is 20.3. The molecule has 6 aromatic rings. The van der Waals surface area contributed by atoms with Gasteiger partial charge in [-0.15, -0.1) is 11.3 Å². The number of H-pyrrole nitrogens is 2. The summed E-state index contributed by atoms with van der Waals surface area (Å²) in [6.45, 7) is 6.11. The Hall–Kier alpha value is -4.21. The Morgan fingerprint density at radius 1 is 1.03 bits per heavy atom. The molecule has 9 heteroatoms. The van der Waals surface area contributed by atoms with E-state index in [4.69, 9.17) is 12.2 Å². The number of thiophene rings is 1. The zero-order valence-corrected chi connectivity index (χ0v) is 22.9. The van der Waals surface area contributed by atoms with Crippen molar-refractivity contribution in [1.82, 2.24) is 30.1 Å². The molecule has 0 aliphatic heterocycles. The van der Waals surface area contributed by atoms with Crippen molar-refractivity contribution in [2.75, 3.05) is 5.32 Å². The van der Waals surface area contributed by atoms with Crippen LogP contribution in [0.3, 0.4) is 0 Å². The Labute approximate surface area is 234 Å². The first-order valence-corrected chi connectivity index (χ1v) is 14.1. The van der Waals surface area contributed by atoms with Gasteiger partial charge in [0.2, 0.25) is 0 Å². The van der Waals surface area contributed by atoms with E-state index in [1.54, 1.807) is 11.3 Å². The van der Waals surface area contributed by atoms with E-state index < -0.39 is 0 Å². The second-order valence-electron chi connectivity index (χ2n) is 10.0. The molecule has 0 unspecified atom stereocenters. The van der Waals surface area contributed by atoms with Crippen LogP contribution in [0.5, 0.6) is 0 Å². The Kier molecular flexibility index (Phi) is 5.82. The monoisotopic (exact) mass is 547 g/mol. The van der Waals surface area contributed by atoms with Crippen LogP contribution in [0.2, 0.25) is 0 Å². The third-order valence-corrected chi connectivity index (χ3v) is 9.05. The lowest BCUT2D eigenvalue weighted by Crippen LogP contribution is -2.26. The van der Waals surface area contributed by atoms with E-state index in [9.17, 15) is 0 Å². The van der Waals surface area contributed by atoms with Gasteiger partial charge in [0, 0.05) is 61.7 Å². The first kappa shape index (κ1) is 23.9. The fourth-order valence-electron chi connectivity index (χ4n) is 4.94. The first-order chi connectivity index (χ1) is 19.0. The van der Waals surface area contributed by atoms with Crippen molar-refractivity contribution in [1.29, 1.82) is 0 Å². The number of pyridine rings is 3. The minimum Gasteiger partial charge on any atom is -0.352 e. The highest BCUT2D eigenvalue weighted by Gasteiger charge is 2.22. The van der Waals surface area contributed by atoms with Gasteiger partial charge in [-0.05, 0) is 55.7 Å². The molecule has 39 heavy (non-hydrogen) atoms. The fourth-order valence-corrected chi connectivity index (χ4v) is 6.25. The second kappa shape index (κ2) is 9.52. The van der Waals surface area contributed by atoms with Crippen molar-refractivity contribution in [3.05, 3.63) is 72.8 Å². The smallest absolute Gasteiger partial charge is 0.181 e. The molecular weight excluding hydrogens is 523 g/mol. The third kappa shape index (κ3) is 4.33. The van der Waals surface area contributed by atoms with Crippen LogP contribution in [-0.4, -0.2) is 35.1 Å². The molecule has 0 radical (unpaired) electrons. The van der Waals surface area contributed by atoms with E-state index in [0.29, 0.717) is 11.6 Å². The van der Waals surface area contributed by atoms with E-state index in [1.165, 1.54) is 11.3 Å². The molecule has 6 aromatic heterocycles. The highest BCUT2D eigenvalue weighted by Crippen LogP contribution is 2.38. The molecule has 0 spiro atoms. The van der Waals surface area contributed by atoms with Gasteiger partial charge in [-0.1, -0.05) is 25.2 Å². The summed E-state index contributed by atoms with van der Waals surface area (Å²) < 4.78 is 0. The number of aromatic amines is 2. The van der Waals surface area contributed by atoms with E-state index in [1.807, 2.05) is 37.9 Å². The molecule has 6 heterocycles. The topological polar surface area (TPSA) is 95.2 Å². The van der Waals surface area contributed by atoms with E-state index in [0.717, 1.165) is 78.3 Å². The summed E-state index contributed by atoms with van der Waals surface area (Å²) in [5.74, 6) is 0.482. The predicted molar refractivity (Wildman–Crippen MR) is 164 cm³/mol. The predicted octanol–water partition coefficient (Wildman–Crippen LogP) is 7.86. The summed E-state index contributed by atoms with van der Waals surface area (Å²) in [7, 11) is 0. The van der Waals surface area contributed by atoms with Crippen molar-refractivity contribution in [3.63, 3.8) is 0 Å². The van der Waals surface area contributed by atoms with Crippen molar-refractivity contribution in [2.24, 2.45) is 5.92 Å². The minimum absolute atomic E-state index is 0.482. The van der Waals surface area contributed by atoms with Gasteiger partial charge in [0.15, 0.2) is 5.65 Å². The molecule has 192 valence electrons. The average Bonchev–Trinajstić information content (AvgIpc) is 3.65. The molecular formula is C30H25N7S2. The Balaban J connectivity index is 1.25. The van der Waals surface area contributed by atoms with Crippen molar-refractivity contribution < 1.29 is 0 Å². The SMILES string of the molecule is C=C(C)c1ccc(-c2cncc3[nH]c(-c4[nH]nc5ncc(-c6cncc(NC(=S)C7CCC7)c6)cc45)cc23)s1. The number of aromatic nitrogens is 6. The van der Waals surface area contributed by atoms with Gasteiger partial charge < -0.3 is 10.3 Å². The molecule has 1 saturated carbocycles. The normalized spacial score (nSPS) is 13.6. The number of nitrogens with one attached hydrogen (secondary N) is 3. The molecule has 0 atom stereocenters. The van der Waals surface area contributed by atoms with Crippen molar-refractivity contribution >= 4 is 61.7 Å². The number of hydrogen-bond acceptors (Lipinski definition) is 6. The van der Waals surface area contributed by atoms with Crippen LogP contribution >= 0.6 is 23.6 Å². The van der Waals surface area contributed by atoms with Crippen molar-refractivity contribution in [3.8, 4) is 33.0 Å².